The molecular formula is C16H20N2OS. The largest absolute Gasteiger partial charge is 0.385 e. The molecule has 2 rings (SSSR count). The molecule has 3 nitrogen and oxygen atoms in total. The van der Waals surface area contributed by atoms with Gasteiger partial charge < -0.3 is 10.2 Å². The fourth-order valence-electron chi connectivity index (χ4n) is 2.11. The number of thiophene rings is 1. The van der Waals surface area contributed by atoms with Crippen molar-refractivity contribution in [3.05, 3.63) is 51.7 Å². The fourth-order valence-corrected chi connectivity index (χ4v) is 2.77. The molecule has 0 aliphatic carbocycles. The van der Waals surface area contributed by atoms with E-state index in [-0.39, 0.29) is 5.91 Å². The lowest BCUT2D eigenvalue weighted by Crippen LogP contribution is -2.27. The molecular weight excluding hydrogens is 268 g/mol. The van der Waals surface area contributed by atoms with Crippen molar-refractivity contribution in [1.29, 1.82) is 0 Å². The topological polar surface area (TPSA) is 32.3 Å². The zero-order valence-corrected chi connectivity index (χ0v) is 13.0. The minimum absolute atomic E-state index is 0.0517. The van der Waals surface area contributed by atoms with Crippen molar-refractivity contribution in [2.75, 3.05) is 18.9 Å². The van der Waals surface area contributed by atoms with E-state index in [1.54, 1.807) is 16.2 Å². The average Bonchev–Trinajstić information content (AvgIpc) is 2.93. The van der Waals surface area contributed by atoms with Crippen LogP contribution in [0, 0.1) is 6.92 Å². The highest BCUT2D eigenvalue weighted by molar-refractivity contribution is 7.07. The maximum Gasteiger partial charge on any atom is 0.256 e. The van der Waals surface area contributed by atoms with Crippen molar-refractivity contribution in [1.82, 2.24) is 4.90 Å². The lowest BCUT2D eigenvalue weighted by atomic mass is 10.1. The highest BCUT2D eigenvalue weighted by Crippen LogP contribution is 2.20. The molecule has 0 aliphatic rings. The number of carbonyl (C=O) groups excluding carboxylic acids is 1. The number of hydrogen-bond donors (Lipinski definition) is 1. The van der Waals surface area contributed by atoms with Crippen LogP contribution in [-0.2, 0) is 6.54 Å². The molecule has 20 heavy (non-hydrogen) atoms. The first-order valence-corrected chi connectivity index (χ1v) is 7.67. The molecule has 0 atom stereocenters. The minimum Gasteiger partial charge on any atom is -0.385 e. The average molecular weight is 288 g/mol. The van der Waals surface area contributed by atoms with Gasteiger partial charge in [0.25, 0.3) is 5.91 Å². The Morgan fingerprint density at radius 3 is 2.80 bits per heavy atom. The fraction of sp³-hybridized carbons (Fsp3) is 0.312. The third kappa shape index (κ3) is 3.39. The molecule has 0 spiro atoms. The summed E-state index contributed by atoms with van der Waals surface area (Å²) in [7, 11) is 1.85. The highest BCUT2D eigenvalue weighted by atomic mass is 32.1. The number of nitrogens with one attached hydrogen (secondary N) is 1. The van der Waals surface area contributed by atoms with Gasteiger partial charge in [0, 0.05) is 25.8 Å². The van der Waals surface area contributed by atoms with Gasteiger partial charge >= 0.3 is 0 Å². The molecule has 1 amide bonds. The monoisotopic (exact) mass is 288 g/mol. The van der Waals surface area contributed by atoms with Gasteiger partial charge in [-0.25, -0.2) is 0 Å². The summed E-state index contributed by atoms with van der Waals surface area (Å²) in [6.07, 6.45) is 0. The number of hydrogen-bond acceptors (Lipinski definition) is 3. The summed E-state index contributed by atoms with van der Waals surface area (Å²) in [5.74, 6) is 0.0517. The second-order valence-corrected chi connectivity index (χ2v) is 5.65. The third-order valence-electron chi connectivity index (χ3n) is 3.12. The van der Waals surface area contributed by atoms with Crippen LogP contribution in [0.3, 0.4) is 0 Å². The van der Waals surface area contributed by atoms with Gasteiger partial charge in [-0.3, -0.25) is 4.79 Å². The lowest BCUT2D eigenvalue weighted by molar-refractivity contribution is 0.0786. The van der Waals surface area contributed by atoms with Crippen LogP contribution >= 0.6 is 11.3 Å². The van der Waals surface area contributed by atoms with Crippen LogP contribution in [0.4, 0.5) is 5.69 Å². The summed E-state index contributed by atoms with van der Waals surface area (Å²) in [6.45, 7) is 5.48. The zero-order valence-electron chi connectivity index (χ0n) is 12.1. The quantitative estimate of drug-likeness (QED) is 0.908. The van der Waals surface area contributed by atoms with Crippen LogP contribution in [0.2, 0.25) is 0 Å². The Hall–Kier alpha value is -1.81. The molecule has 0 unspecified atom stereocenters. The second-order valence-electron chi connectivity index (χ2n) is 4.87. The minimum atomic E-state index is 0.0517. The predicted octanol–water partition coefficient (Wildman–Crippen LogP) is 3.76. The van der Waals surface area contributed by atoms with E-state index in [1.807, 2.05) is 44.5 Å². The number of carbonyl (C=O) groups is 1. The van der Waals surface area contributed by atoms with Crippen LogP contribution in [0.15, 0.2) is 35.0 Å². The van der Waals surface area contributed by atoms with Gasteiger partial charge in [0.05, 0.1) is 5.56 Å². The standard InChI is InChI=1S/C16H20N2OS/c1-4-17-15-6-5-12(2)9-14(15)16(19)18(3)10-13-7-8-20-11-13/h5-9,11,17H,4,10H2,1-3H3. The van der Waals surface area contributed by atoms with Crippen LogP contribution in [0.5, 0.6) is 0 Å². The van der Waals surface area contributed by atoms with Gasteiger partial charge in [0.15, 0.2) is 0 Å². The molecule has 0 radical (unpaired) electrons. The van der Waals surface area contributed by atoms with Crippen molar-refractivity contribution >= 4 is 22.9 Å². The third-order valence-corrected chi connectivity index (χ3v) is 3.85. The number of benzene rings is 1. The molecule has 0 fully saturated rings. The smallest absolute Gasteiger partial charge is 0.256 e. The normalized spacial score (nSPS) is 10.3. The first-order valence-electron chi connectivity index (χ1n) is 6.73. The van der Waals surface area contributed by atoms with E-state index < -0.39 is 0 Å². The van der Waals surface area contributed by atoms with Gasteiger partial charge in [0.2, 0.25) is 0 Å². The molecule has 1 heterocycles. The summed E-state index contributed by atoms with van der Waals surface area (Å²) in [5.41, 5.74) is 3.91. The molecule has 2 aromatic rings. The Morgan fingerprint density at radius 2 is 2.15 bits per heavy atom. The van der Waals surface area contributed by atoms with Gasteiger partial charge in [-0.1, -0.05) is 11.6 Å². The molecule has 1 aromatic heterocycles. The Labute approximate surface area is 124 Å². The lowest BCUT2D eigenvalue weighted by Gasteiger charge is -2.19. The van der Waals surface area contributed by atoms with Gasteiger partial charge in [0.1, 0.15) is 0 Å². The molecule has 0 aliphatic heterocycles. The Morgan fingerprint density at radius 1 is 1.35 bits per heavy atom. The first-order chi connectivity index (χ1) is 9.61. The number of rotatable bonds is 5. The summed E-state index contributed by atoms with van der Waals surface area (Å²) < 4.78 is 0. The van der Waals surface area contributed by atoms with E-state index in [9.17, 15) is 4.79 Å². The molecule has 4 heteroatoms. The maximum atomic E-state index is 12.6. The van der Waals surface area contributed by atoms with E-state index in [4.69, 9.17) is 0 Å². The zero-order chi connectivity index (χ0) is 14.5. The number of anilines is 1. The van der Waals surface area contributed by atoms with Crippen molar-refractivity contribution in [3.63, 3.8) is 0 Å². The SMILES string of the molecule is CCNc1ccc(C)cc1C(=O)N(C)Cc1ccsc1. The van der Waals surface area contributed by atoms with Gasteiger partial charge in [-0.2, -0.15) is 11.3 Å². The summed E-state index contributed by atoms with van der Waals surface area (Å²) in [5, 5.41) is 7.36. The van der Waals surface area contributed by atoms with E-state index in [0.717, 1.165) is 23.4 Å². The van der Waals surface area contributed by atoms with Crippen molar-refractivity contribution in [2.45, 2.75) is 20.4 Å². The Kier molecular flexibility index (Phi) is 4.79. The van der Waals surface area contributed by atoms with Crippen LogP contribution in [0.25, 0.3) is 0 Å². The van der Waals surface area contributed by atoms with Crippen LogP contribution in [0.1, 0.15) is 28.4 Å². The summed E-state index contributed by atoms with van der Waals surface area (Å²) >= 11 is 1.65. The van der Waals surface area contributed by atoms with Crippen LogP contribution < -0.4 is 5.32 Å². The molecule has 1 aromatic carbocycles. The number of aryl methyl sites for hydroxylation is 1. The Balaban J connectivity index is 2.21. The van der Waals surface area contributed by atoms with Crippen molar-refractivity contribution < 1.29 is 4.79 Å². The number of amides is 1. The Bertz CT molecular complexity index is 578. The first kappa shape index (κ1) is 14.6. The van der Waals surface area contributed by atoms with E-state index in [0.29, 0.717) is 6.54 Å². The second kappa shape index (κ2) is 6.57. The highest BCUT2D eigenvalue weighted by Gasteiger charge is 2.16. The maximum absolute atomic E-state index is 12.6. The number of nitrogens with zero attached hydrogens (tertiary/aromatic N) is 1. The predicted molar refractivity (Wildman–Crippen MR) is 85.5 cm³/mol. The summed E-state index contributed by atoms with van der Waals surface area (Å²) in [6, 6.07) is 8.00. The van der Waals surface area contributed by atoms with Gasteiger partial charge in [-0.05, 0) is 48.4 Å². The molecule has 106 valence electrons. The van der Waals surface area contributed by atoms with Crippen molar-refractivity contribution in [2.24, 2.45) is 0 Å². The summed E-state index contributed by atoms with van der Waals surface area (Å²) in [4.78, 5) is 14.4. The van der Waals surface area contributed by atoms with Gasteiger partial charge in [-0.15, -0.1) is 0 Å². The van der Waals surface area contributed by atoms with E-state index >= 15 is 0 Å². The van der Waals surface area contributed by atoms with E-state index in [2.05, 4.69) is 16.8 Å². The van der Waals surface area contributed by atoms with E-state index in [1.165, 1.54) is 5.56 Å². The molecule has 0 saturated heterocycles. The van der Waals surface area contributed by atoms with Crippen molar-refractivity contribution in [3.8, 4) is 0 Å². The molecule has 0 bridgehead atoms. The van der Waals surface area contributed by atoms with Crippen LogP contribution in [-0.4, -0.2) is 24.4 Å². The molecule has 1 N–H and O–H groups in total. The molecule has 0 saturated carbocycles.